The van der Waals surface area contributed by atoms with Gasteiger partial charge in [-0.3, -0.25) is 4.98 Å². The van der Waals surface area contributed by atoms with Gasteiger partial charge in [-0.25, -0.2) is 15.0 Å². The number of aromatic nitrogens is 5. The number of rotatable bonds is 7. The topological polar surface area (TPSA) is 89.0 Å². The van der Waals surface area contributed by atoms with Crippen LogP contribution in [0.3, 0.4) is 0 Å². The number of imidazole rings is 1. The molecule has 5 rings (SSSR count). The number of nitrogens with two attached hydrogens (primary N) is 1. The van der Waals surface area contributed by atoms with Gasteiger partial charge < -0.3 is 20.1 Å². The van der Waals surface area contributed by atoms with Gasteiger partial charge in [0.1, 0.15) is 29.5 Å². The third kappa shape index (κ3) is 5.02. The van der Waals surface area contributed by atoms with Crippen molar-refractivity contribution in [2.24, 2.45) is 0 Å². The maximum Gasteiger partial charge on any atom is 0.433 e. The van der Waals surface area contributed by atoms with E-state index in [1.807, 2.05) is 13.1 Å². The zero-order chi connectivity index (χ0) is 25.3. The van der Waals surface area contributed by atoms with Crippen molar-refractivity contribution in [3.05, 3.63) is 47.9 Å². The molecule has 0 spiro atoms. The summed E-state index contributed by atoms with van der Waals surface area (Å²) in [6, 6.07) is 2.68. The molecule has 11 heteroatoms. The third-order valence-corrected chi connectivity index (χ3v) is 7.23. The molecule has 3 aromatic heterocycles. The van der Waals surface area contributed by atoms with Gasteiger partial charge in [0.25, 0.3) is 0 Å². The summed E-state index contributed by atoms with van der Waals surface area (Å²) in [6.45, 7) is 7.51. The van der Waals surface area contributed by atoms with Crippen LogP contribution in [0.2, 0.25) is 0 Å². The molecule has 8 nitrogen and oxygen atoms in total. The smallest absolute Gasteiger partial charge is 0.383 e. The second-order valence-electron chi connectivity index (χ2n) is 9.48. The Labute approximate surface area is 208 Å². The molecule has 0 radical (unpaired) electrons. The van der Waals surface area contributed by atoms with E-state index in [1.54, 1.807) is 6.07 Å². The molecule has 0 atom stereocenters. The van der Waals surface area contributed by atoms with Crippen LogP contribution < -0.4 is 10.6 Å². The molecular weight excluding hydrogens is 469 g/mol. The van der Waals surface area contributed by atoms with Crippen molar-refractivity contribution in [2.45, 2.75) is 51.2 Å². The van der Waals surface area contributed by atoms with E-state index in [1.165, 1.54) is 18.9 Å². The summed E-state index contributed by atoms with van der Waals surface area (Å²) in [4.78, 5) is 21.6. The summed E-state index contributed by atoms with van der Waals surface area (Å²) < 4.78 is 41.9. The highest BCUT2D eigenvalue weighted by Gasteiger charge is 2.33. The highest BCUT2D eigenvalue weighted by molar-refractivity contribution is 5.59. The molecular formula is C25H31F3N8. The van der Waals surface area contributed by atoms with E-state index in [2.05, 4.69) is 29.3 Å². The fraction of sp³-hybridized carbons (Fsp3) is 0.520. The largest absolute Gasteiger partial charge is 0.433 e. The van der Waals surface area contributed by atoms with E-state index >= 15 is 0 Å². The minimum absolute atomic E-state index is 0.208. The van der Waals surface area contributed by atoms with Crippen LogP contribution in [0.4, 0.5) is 24.8 Å². The van der Waals surface area contributed by atoms with Crippen LogP contribution in [0.15, 0.2) is 30.9 Å². The lowest BCUT2D eigenvalue weighted by Crippen LogP contribution is -2.39. The van der Waals surface area contributed by atoms with Gasteiger partial charge in [0.15, 0.2) is 0 Å². The van der Waals surface area contributed by atoms with Gasteiger partial charge in [-0.15, -0.1) is 0 Å². The Hall–Kier alpha value is -3.21. The molecule has 0 saturated carbocycles. The average Bonchev–Trinajstić information content (AvgIpc) is 3.27. The Bertz CT molecular complexity index is 1200. The molecule has 2 fully saturated rings. The van der Waals surface area contributed by atoms with Crippen molar-refractivity contribution in [3.63, 3.8) is 0 Å². The van der Waals surface area contributed by atoms with E-state index in [4.69, 9.17) is 10.7 Å². The van der Waals surface area contributed by atoms with Crippen molar-refractivity contribution < 1.29 is 13.2 Å². The van der Waals surface area contributed by atoms with Crippen LogP contribution in [-0.4, -0.2) is 62.1 Å². The van der Waals surface area contributed by atoms with Crippen LogP contribution in [-0.2, 0) is 19.1 Å². The number of anilines is 2. The lowest BCUT2D eigenvalue weighted by molar-refractivity contribution is -0.141. The molecule has 192 valence electrons. The zero-order valence-electron chi connectivity index (χ0n) is 20.4. The average molecular weight is 501 g/mol. The summed E-state index contributed by atoms with van der Waals surface area (Å²) in [6.07, 6.45) is 3.84. The molecule has 0 aliphatic carbocycles. The Morgan fingerprint density at radius 1 is 1.06 bits per heavy atom. The van der Waals surface area contributed by atoms with Gasteiger partial charge in [-0.1, -0.05) is 6.92 Å². The van der Waals surface area contributed by atoms with E-state index in [9.17, 15) is 13.2 Å². The van der Waals surface area contributed by atoms with Gasteiger partial charge in [0.2, 0.25) is 0 Å². The molecule has 0 bridgehead atoms. The lowest BCUT2D eigenvalue weighted by Gasteiger charge is -2.34. The minimum atomic E-state index is -4.49. The number of likely N-dealkylation sites (tertiary alicyclic amines) is 1. The summed E-state index contributed by atoms with van der Waals surface area (Å²) in [5.41, 5.74) is 7.13. The summed E-state index contributed by atoms with van der Waals surface area (Å²) >= 11 is 0. The van der Waals surface area contributed by atoms with Crippen molar-refractivity contribution in [1.29, 1.82) is 0 Å². The number of alkyl halides is 3. The van der Waals surface area contributed by atoms with Crippen LogP contribution in [0.25, 0.3) is 11.3 Å². The number of nitrogens with zero attached hydrogens (tertiary/aromatic N) is 7. The van der Waals surface area contributed by atoms with Crippen LogP contribution in [0, 0.1) is 0 Å². The summed E-state index contributed by atoms with van der Waals surface area (Å²) in [7, 11) is 0. The summed E-state index contributed by atoms with van der Waals surface area (Å²) in [5.74, 6) is 2.56. The van der Waals surface area contributed by atoms with E-state index in [0.29, 0.717) is 17.1 Å². The Balaban J connectivity index is 1.38. The van der Waals surface area contributed by atoms with Crippen LogP contribution >= 0.6 is 0 Å². The Morgan fingerprint density at radius 2 is 1.83 bits per heavy atom. The molecule has 3 aromatic rings. The number of pyridine rings is 1. The molecule has 2 aliphatic rings. The second-order valence-corrected chi connectivity index (χ2v) is 9.48. The fourth-order valence-electron chi connectivity index (χ4n) is 5.05. The normalized spacial score (nSPS) is 17.4. The van der Waals surface area contributed by atoms with E-state index < -0.39 is 11.9 Å². The van der Waals surface area contributed by atoms with Gasteiger partial charge in [0.05, 0.1) is 5.69 Å². The van der Waals surface area contributed by atoms with Crippen molar-refractivity contribution in [2.75, 3.05) is 43.4 Å². The molecule has 2 N–H and O–H groups in total. The molecule has 0 unspecified atom stereocenters. The predicted molar refractivity (Wildman–Crippen MR) is 132 cm³/mol. The first-order valence-corrected chi connectivity index (χ1v) is 12.5. The van der Waals surface area contributed by atoms with Gasteiger partial charge >= 0.3 is 6.18 Å². The quantitative estimate of drug-likeness (QED) is 0.525. The second kappa shape index (κ2) is 10.0. The molecule has 36 heavy (non-hydrogen) atoms. The fourth-order valence-corrected chi connectivity index (χ4v) is 5.05. The van der Waals surface area contributed by atoms with Crippen molar-refractivity contribution in [1.82, 2.24) is 29.4 Å². The van der Waals surface area contributed by atoms with E-state index in [-0.39, 0.29) is 5.92 Å². The Kier molecular flexibility index (Phi) is 6.83. The van der Waals surface area contributed by atoms with Crippen LogP contribution in [0.5, 0.6) is 0 Å². The number of piperidine rings is 1. The third-order valence-electron chi connectivity index (χ3n) is 7.23. The first-order chi connectivity index (χ1) is 17.3. The lowest BCUT2D eigenvalue weighted by atomic mass is 9.95. The predicted octanol–water partition coefficient (Wildman–Crippen LogP) is 3.99. The monoisotopic (exact) mass is 500 g/mol. The number of halogens is 3. The van der Waals surface area contributed by atoms with Crippen molar-refractivity contribution in [3.8, 4) is 11.3 Å². The SMILES string of the molecule is CCc1c(N)ncnc1N1CCC(c2nc(-c3ccnc(C(F)(F)F)c3)cn2CCN2CCC2)CC1. The molecule has 0 aromatic carbocycles. The van der Waals surface area contributed by atoms with Gasteiger partial charge in [0, 0.05) is 55.6 Å². The van der Waals surface area contributed by atoms with Gasteiger partial charge in [-0.05, 0) is 50.9 Å². The standard InChI is InChI=1S/C25H31F3N8/c1-2-19-22(29)31-16-32-24(19)35-10-5-17(6-11-35)23-33-20(15-36(23)13-12-34-8-3-9-34)18-4-7-30-21(14-18)25(26,27)28/h4,7,14-17H,2-3,5-6,8-13H2,1H3,(H2,29,31,32). The van der Waals surface area contributed by atoms with Gasteiger partial charge in [-0.2, -0.15) is 13.2 Å². The first-order valence-electron chi connectivity index (χ1n) is 12.5. The zero-order valence-corrected chi connectivity index (χ0v) is 20.4. The minimum Gasteiger partial charge on any atom is -0.383 e. The first kappa shape index (κ1) is 24.5. The van der Waals surface area contributed by atoms with Crippen LogP contribution in [0.1, 0.15) is 49.2 Å². The molecule has 0 amide bonds. The van der Waals surface area contributed by atoms with E-state index in [0.717, 1.165) is 81.8 Å². The van der Waals surface area contributed by atoms with Crippen molar-refractivity contribution >= 4 is 11.6 Å². The maximum atomic E-state index is 13.3. The highest BCUT2D eigenvalue weighted by Crippen LogP contribution is 2.34. The molecule has 2 saturated heterocycles. The number of nitrogen functional groups attached to an aromatic ring is 1. The highest BCUT2D eigenvalue weighted by atomic mass is 19.4. The molecule has 2 aliphatic heterocycles. The Morgan fingerprint density at radius 3 is 2.50 bits per heavy atom. The maximum absolute atomic E-state index is 13.3. The summed E-state index contributed by atoms with van der Waals surface area (Å²) in [5, 5.41) is 0. The molecule has 5 heterocycles. The number of hydrogen-bond donors (Lipinski definition) is 1. The number of hydrogen-bond acceptors (Lipinski definition) is 7.